The minimum Gasteiger partial charge on any atom is -0.385 e. The molecule has 5 nitrogen and oxygen atoms in total. The standard InChI is InChI=1S/C14H20N2O3S/c1-20(18,19)10-4-8-16-14(17)12-7-9-15-13-6-3-2-5-11(12)13/h2-3,5-6,12,15H,4,7-10H2,1H3,(H,16,17). The van der Waals surface area contributed by atoms with Gasteiger partial charge in [0.15, 0.2) is 0 Å². The number of hydrogen-bond acceptors (Lipinski definition) is 4. The summed E-state index contributed by atoms with van der Waals surface area (Å²) in [7, 11) is -2.96. The Balaban J connectivity index is 1.91. The minimum atomic E-state index is -2.96. The van der Waals surface area contributed by atoms with Gasteiger partial charge in [-0.25, -0.2) is 8.42 Å². The number of carbonyl (C=O) groups excluding carboxylic acids is 1. The SMILES string of the molecule is CS(=O)(=O)CCCNC(=O)C1CCNc2ccccc21. The topological polar surface area (TPSA) is 75.3 Å². The highest BCUT2D eigenvalue weighted by Gasteiger charge is 2.25. The van der Waals surface area contributed by atoms with Gasteiger partial charge >= 0.3 is 0 Å². The molecule has 0 fully saturated rings. The Labute approximate surface area is 119 Å². The van der Waals surface area contributed by atoms with E-state index in [1.165, 1.54) is 6.26 Å². The van der Waals surface area contributed by atoms with Crippen LogP contribution in [0.2, 0.25) is 0 Å². The number of rotatable bonds is 5. The van der Waals surface area contributed by atoms with Crippen molar-refractivity contribution in [3.63, 3.8) is 0 Å². The average Bonchev–Trinajstić information content (AvgIpc) is 2.41. The molecule has 1 heterocycles. The largest absolute Gasteiger partial charge is 0.385 e. The van der Waals surface area contributed by atoms with Crippen LogP contribution in [0.3, 0.4) is 0 Å². The Bertz CT molecular complexity index is 584. The lowest BCUT2D eigenvalue weighted by molar-refractivity contribution is -0.122. The van der Waals surface area contributed by atoms with Crippen LogP contribution in [0.15, 0.2) is 24.3 Å². The van der Waals surface area contributed by atoms with Gasteiger partial charge in [-0.2, -0.15) is 0 Å². The van der Waals surface area contributed by atoms with E-state index in [-0.39, 0.29) is 17.6 Å². The first-order chi connectivity index (χ1) is 9.47. The van der Waals surface area contributed by atoms with Crippen molar-refractivity contribution >= 4 is 21.4 Å². The predicted molar refractivity (Wildman–Crippen MR) is 79.6 cm³/mol. The van der Waals surface area contributed by atoms with E-state index < -0.39 is 9.84 Å². The normalized spacial score (nSPS) is 17.9. The molecule has 1 aliphatic heterocycles. The quantitative estimate of drug-likeness (QED) is 0.799. The lowest BCUT2D eigenvalue weighted by Crippen LogP contribution is -2.34. The Kier molecular flexibility index (Phi) is 4.65. The van der Waals surface area contributed by atoms with Gasteiger partial charge in [-0.1, -0.05) is 18.2 Å². The van der Waals surface area contributed by atoms with Crippen LogP contribution in [0.5, 0.6) is 0 Å². The van der Waals surface area contributed by atoms with Gasteiger partial charge in [0.1, 0.15) is 9.84 Å². The van der Waals surface area contributed by atoms with Gasteiger partial charge in [-0.05, 0) is 24.5 Å². The summed E-state index contributed by atoms with van der Waals surface area (Å²) >= 11 is 0. The van der Waals surface area contributed by atoms with E-state index in [0.29, 0.717) is 13.0 Å². The van der Waals surface area contributed by atoms with Gasteiger partial charge in [0.05, 0.1) is 11.7 Å². The molecule has 2 N–H and O–H groups in total. The molecule has 0 saturated heterocycles. The van der Waals surface area contributed by atoms with Crippen LogP contribution < -0.4 is 10.6 Å². The Morgan fingerprint density at radius 1 is 1.40 bits per heavy atom. The Morgan fingerprint density at radius 3 is 2.90 bits per heavy atom. The molecule has 0 aliphatic carbocycles. The predicted octanol–water partition coefficient (Wildman–Crippen LogP) is 1.14. The molecule has 1 amide bonds. The van der Waals surface area contributed by atoms with Crippen LogP contribution in [-0.4, -0.2) is 39.4 Å². The van der Waals surface area contributed by atoms with Crippen molar-refractivity contribution < 1.29 is 13.2 Å². The molecule has 2 rings (SSSR count). The van der Waals surface area contributed by atoms with E-state index in [1.54, 1.807) is 0 Å². The number of sulfone groups is 1. The zero-order chi connectivity index (χ0) is 14.6. The van der Waals surface area contributed by atoms with E-state index in [2.05, 4.69) is 10.6 Å². The molecule has 6 heteroatoms. The van der Waals surface area contributed by atoms with Crippen molar-refractivity contribution in [2.75, 3.05) is 30.4 Å². The number of anilines is 1. The number of hydrogen-bond donors (Lipinski definition) is 2. The van der Waals surface area contributed by atoms with Gasteiger partial charge in [-0.3, -0.25) is 4.79 Å². The fourth-order valence-electron chi connectivity index (χ4n) is 2.41. The summed E-state index contributed by atoms with van der Waals surface area (Å²) in [6.45, 7) is 1.18. The van der Waals surface area contributed by atoms with Gasteiger partial charge in [0, 0.05) is 25.0 Å². The Hall–Kier alpha value is -1.56. The molecule has 1 unspecified atom stereocenters. The first-order valence-corrected chi connectivity index (χ1v) is 8.81. The summed E-state index contributed by atoms with van der Waals surface area (Å²) in [5, 5.41) is 6.11. The molecular weight excluding hydrogens is 276 g/mol. The number of nitrogens with one attached hydrogen (secondary N) is 2. The van der Waals surface area contributed by atoms with Crippen molar-refractivity contribution in [3.05, 3.63) is 29.8 Å². The fraction of sp³-hybridized carbons (Fsp3) is 0.500. The second kappa shape index (κ2) is 6.26. The smallest absolute Gasteiger partial charge is 0.227 e. The maximum Gasteiger partial charge on any atom is 0.227 e. The molecule has 110 valence electrons. The molecule has 0 bridgehead atoms. The van der Waals surface area contributed by atoms with Gasteiger partial charge in [0.25, 0.3) is 0 Å². The highest BCUT2D eigenvalue weighted by molar-refractivity contribution is 7.90. The van der Waals surface area contributed by atoms with E-state index >= 15 is 0 Å². The summed E-state index contributed by atoms with van der Waals surface area (Å²) in [6.07, 6.45) is 2.42. The maximum atomic E-state index is 12.2. The summed E-state index contributed by atoms with van der Waals surface area (Å²) in [5.41, 5.74) is 2.02. The second-order valence-electron chi connectivity index (χ2n) is 5.13. The summed E-state index contributed by atoms with van der Waals surface area (Å²) in [6, 6.07) is 7.80. The van der Waals surface area contributed by atoms with E-state index in [0.717, 1.165) is 24.2 Å². The number of benzene rings is 1. The third-order valence-corrected chi connectivity index (χ3v) is 4.42. The number of fused-ring (bicyclic) bond motifs is 1. The number of carbonyl (C=O) groups is 1. The maximum absolute atomic E-state index is 12.2. The van der Waals surface area contributed by atoms with Crippen molar-refractivity contribution in [1.82, 2.24) is 5.32 Å². The molecule has 1 aromatic carbocycles. The molecule has 0 radical (unpaired) electrons. The second-order valence-corrected chi connectivity index (χ2v) is 7.39. The molecular formula is C14H20N2O3S. The third kappa shape index (κ3) is 3.96. The van der Waals surface area contributed by atoms with Crippen molar-refractivity contribution in [2.45, 2.75) is 18.8 Å². The van der Waals surface area contributed by atoms with Crippen LogP contribution in [0.1, 0.15) is 24.3 Å². The number of amides is 1. The molecule has 1 atom stereocenters. The summed E-state index contributed by atoms with van der Waals surface area (Å²) in [5.74, 6) is -0.0612. The first-order valence-electron chi connectivity index (χ1n) is 6.75. The summed E-state index contributed by atoms with van der Waals surface area (Å²) in [4.78, 5) is 12.2. The van der Waals surface area contributed by atoms with Crippen molar-refractivity contribution in [3.8, 4) is 0 Å². The highest BCUT2D eigenvalue weighted by atomic mass is 32.2. The molecule has 0 saturated carbocycles. The molecule has 1 aliphatic rings. The summed E-state index contributed by atoms with van der Waals surface area (Å²) < 4.78 is 22.0. The van der Waals surface area contributed by atoms with Crippen LogP contribution in [-0.2, 0) is 14.6 Å². The minimum absolute atomic E-state index is 0.0209. The van der Waals surface area contributed by atoms with Crippen molar-refractivity contribution in [1.29, 1.82) is 0 Å². The fourth-order valence-corrected chi connectivity index (χ4v) is 3.08. The molecule has 0 aromatic heterocycles. The van der Waals surface area contributed by atoms with Crippen molar-refractivity contribution in [2.24, 2.45) is 0 Å². The van der Waals surface area contributed by atoms with E-state index in [9.17, 15) is 13.2 Å². The number of para-hydroxylation sites is 1. The third-order valence-electron chi connectivity index (χ3n) is 3.39. The molecule has 0 spiro atoms. The van der Waals surface area contributed by atoms with Crippen LogP contribution in [0.4, 0.5) is 5.69 Å². The lowest BCUT2D eigenvalue weighted by Gasteiger charge is -2.25. The highest BCUT2D eigenvalue weighted by Crippen LogP contribution is 2.31. The van der Waals surface area contributed by atoms with Gasteiger partial charge < -0.3 is 10.6 Å². The van der Waals surface area contributed by atoms with Crippen LogP contribution in [0.25, 0.3) is 0 Å². The van der Waals surface area contributed by atoms with E-state index in [4.69, 9.17) is 0 Å². The van der Waals surface area contributed by atoms with Crippen LogP contribution in [0, 0.1) is 0 Å². The van der Waals surface area contributed by atoms with Gasteiger partial charge in [0.2, 0.25) is 5.91 Å². The molecule has 1 aromatic rings. The first kappa shape index (κ1) is 14.8. The van der Waals surface area contributed by atoms with Crippen LogP contribution >= 0.6 is 0 Å². The lowest BCUT2D eigenvalue weighted by atomic mass is 9.90. The zero-order valence-corrected chi connectivity index (χ0v) is 12.4. The Morgan fingerprint density at radius 2 is 2.15 bits per heavy atom. The molecule has 20 heavy (non-hydrogen) atoms. The van der Waals surface area contributed by atoms with Gasteiger partial charge in [-0.15, -0.1) is 0 Å². The monoisotopic (exact) mass is 296 g/mol. The average molecular weight is 296 g/mol. The van der Waals surface area contributed by atoms with E-state index in [1.807, 2.05) is 24.3 Å². The zero-order valence-electron chi connectivity index (χ0n) is 11.6.